The Morgan fingerprint density at radius 2 is 2.22 bits per heavy atom. The maximum Gasteiger partial charge on any atom is 0.320 e. The second-order valence-electron chi connectivity index (χ2n) is 6.03. The van der Waals surface area contributed by atoms with Gasteiger partial charge in [0.05, 0.1) is 13.7 Å². The van der Waals surface area contributed by atoms with E-state index in [-0.39, 0.29) is 18.3 Å². The molecule has 0 fully saturated rings. The average Bonchev–Trinajstić information content (AvgIpc) is 2.56. The van der Waals surface area contributed by atoms with Gasteiger partial charge in [-0.2, -0.15) is 0 Å². The van der Waals surface area contributed by atoms with E-state index in [1.807, 2.05) is 19.1 Å². The van der Waals surface area contributed by atoms with Gasteiger partial charge < -0.3 is 14.9 Å². The fraction of sp³-hybridized carbons (Fsp3) is 0.444. The average molecular weight is 318 g/mol. The van der Waals surface area contributed by atoms with Crippen LogP contribution < -0.4 is 0 Å². The number of aliphatic hydroxyl groups is 2. The lowest BCUT2D eigenvalue weighted by molar-refractivity contribution is -0.150. The van der Waals surface area contributed by atoms with Crippen LogP contribution in [0.2, 0.25) is 0 Å². The topological polar surface area (TPSA) is 83.8 Å². The predicted molar refractivity (Wildman–Crippen MR) is 85.6 cm³/mol. The minimum absolute atomic E-state index is 0.0526. The third-order valence-corrected chi connectivity index (χ3v) is 4.72. The van der Waals surface area contributed by atoms with Crippen molar-refractivity contribution in [3.8, 4) is 0 Å². The van der Waals surface area contributed by atoms with Crippen molar-refractivity contribution >= 4 is 11.8 Å². The summed E-state index contributed by atoms with van der Waals surface area (Å²) < 4.78 is 5.00. The van der Waals surface area contributed by atoms with Crippen LogP contribution in [-0.4, -0.2) is 35.7 Å². The molecule has 2 aliphatic rings. The van der Waals surface area contributed by atoms with E-state index in [1.54, 1.807) is 13.0 Å². The van der Waals surface area contributed by atoms with Gasteiger partial charge in [0.2, 0.25) is 5.78 Å². The van der Waals surface area contributed by atoms with Gasteiger partial charge in [-0.05, 0) is 32.8 Å². The van der Waals surface area contributed by atoms with Crippen molar-refractivity contribution in [1.82, 2.24) is 0 Å². The number of hydrogen-bond donors (Lipinski definition) is 2. The number of esters is 1. The Kier molecular flexibility index (Phi) is 4.90. The summed E-state index contributed by atoms with van der Waals surface area (Å²) in [4.78, 5) is 24.4. The molecule has 23 heavy (non-hydrogen) atoms. The molecule has 0 aliphatic heterocycles. The van der Waals surface area contributed by atoms with Gasteiger partial charge in [0, 0.05) is 11.5 Å². The normalized spacial score (nSPS) is 27.7. The summed E-state index contributed by atoms with van der Waals surface area (Å²) >= 11 is 0. The SMILES string of the molecule is COC(=O)C12C=CC(=O)C(O)=C1CC=C(C)C2C/C=C(\C)CO. The van der Waals surface area contributed by atoms with Crippen LogP contribution in [0.4, 0.5) is 0 Å². The summed E-state index contributed by atoms with van der Waals surface area (Å²) in [5.41, 5.74) is 1.02. The molecule has 2 atom stereocenters. The van der Waals surface area contributed by atoms with Crippen molar-refractivity contribution in [2.24, 2.45) is 11.3 Å². The molecule has 2 aliphatic carbocycles. The number of carbonyl (C=O) groups excluding carboxylic acids is 2. The summed E-state index contributed by atoms with van der Waals surface area (Å²) in [6, 6.07) is 0. The zero-order valence-electron chi connectivity index (χ0n) is 13.6. The van der Waals surface area contributed by atoms with Gasteiger partial charge in [-0.1, -0.05) is 29.4 Å². The van der Waals surface area contributed by atoms with Crippen molar-refractivity contribution in [3.63, 3.8) is 0 Å². The third-order valence-electron chi connectivity index (χ3n) is 4.72. The Morgan fingerprint density at radius 1 is 1.52 bits per heavy atom. The van der Waals surface area contributed by atoms with Gasteiger partial charge in [-0.15, -0.1) is 0 Å². The number of hydrogen-bond acceptors (Lipinski definition) is 5. The summed E-state index contributed by atoms with van der Waals surface area (Å²) in [5, 5.41) is 19.4. The van der Waals surface area contributed by atoms with Crippen LogP contribution >= 0.6 is 0 Å². The quantitative estimate of drug-likeness (QED) is 0.614. The van der Waals surface area contributed by atoms with E-state index in [2.05, 4.69) is 0 Å². The Morgan fingerprint density at radius 3 is 2.83 bits per heavy atom. The molecule has 5 heteroatoms. The summed E-state index contributed by atoms with van der Waals surface area (Å²) in [6.45, 7) is 3.68. The number of fused-ring (bicyclic) bond motifs is 1. The first-order valence-electron chi connectivity index (χ1n) is 7.56. The van der Waals surface area contributed by atoms with Crippen molar-refractivity contribution in [1.29, 1.82) is 0 Å². The van der Waals surface area contributed by atoms with E-state index < -0.39 is 17.2 Å². The molecular weight excluding hydrogens is 296 g/mol. The molecular formula is C18H22O5. The monoisotopic (exact) mass is 318 g/mol. The van der Waals surface area contributed by atoms with Crippen LogP contribution in [0.1, 0.15) is 26.7 Å². The molecule has 0 radical (unpaired) electrons. The minimum Gasteiger partial charge on any atom is -0.504 e. The van der Waals surface area contributed by atoms with Gasteiger partial charge in [-0.3, -0.25) is 9.59 Å². The zero-order valence-corrected chi connectivity index (χ0v) is 13.6. The lowest BCUT2D eigenvalue weighted by atomic mass is 9.60. The van der Waals surface area contributed by atoms with Gasteiger partial charge in [0.15, 0.2) is 5.76 Å². The molecule has 0 saturated carbocycles. The van der Waals surface area contributed by atoms with Crippen LogP contribution in [-0.2, 0) is 14.3 Å². The number of allylic oxidation sites excluding steroid dienone is 4. The van der Waals surface area contributed by atoms with Crippen molar-refractivity contribution < 1.29 is 24.5 Å². The van der Waals surface area contributed by atoms with Crippen molar-refractivity contribution in [3.05, 3.63) is 46.8 Å². The van der Waals surface area contributed by atoms with E-state index >= 15 is 0 Å². The van der Waals surface area contributed by atoms with E-state index in [0.717, 1.165) is 11.1 Å². The van der Waals surface area contributed by atoms with E-state index in [4.69, 9.17) is 4.74 Å². The highest BCUT2D eigenvalue weighted by molar-refractivity contribution is 6.06. The molecule has 0 spiro atoms. The Balaban J connectivity index is 2.60. The standard InChI is InChI=1S/C18H22O5/c1-11(10-19)4-6-13-12(2)5-7-14-16(21)15(20)8-9-18(13,14)17(22)23-3/h4-5,8-9,13,19,21H,6-7,10H2,1-3H3/b11-4+. The summed E-state index contributed by atoms with van der Waals surface area (Å²) in [7, 11) is 1.30. The van der Waals surface area contributed by atoms with Crippen LogP contribution in [0.3, 0.4) is 0 Å². The summed E-state index contributed by atoms with van der Waals surface area (Å²) in [5.74, 6) is -1.62. The Labute approximate surface area is 135 Å². The molecule has 2 N–H and O–H groups in total. The first-order chi connectivity index (χ1) is 10.9. The molecule has 0 aromatic heterocycles. The van der Waals surface area contributed by atoms with Gasteiger partial charge in [0.1, 0.15) is 5.41 Å². The van der Waals surface area contributed by atoms with Crippen LogP contribution in [0.5, 0.6) is 0 Å². The molecule has 2 rings (SSSR count). The molecule has 0 bridgehead atoms. The zero-order chi connectivity index (χ0) is 17.2. The molecule has 0 saturated heterocycles. The maximum atomic E-state index is 12.6. The van der Waals surface area contributed by atoms with Crippen LogP contribution in [0, 0.1) is 11.3 Å². The second-order valence-corrected chi connectivity index (χ2v) is 6.03. The van der Waals surface area contributed by atoms with E-state index in [9.17, 15) is 19.8 Å². The number of aliphatic hydroxyl groups excluding tert-OH is 2. The fourth-order valence-corrected chi connectivity index (χ4v) is 3.35. The van der Waals surface area contributed by atoms with Crippen molar-refractivity contribution in [2.45, 2.75) is 26.7 Å². The van der Waals surface area contributed by atoms with Crippen LogP contribution in [0.15, 0.2) is 46.8 Å². The second kappa shape index (κ2) is 6.54. The largest absolute Gasteiger partial charge is 0.504 e. The number of ketones is 1. The third kappa shape index (κ3) is 2.77. The molecule has 0 heterocycles. The molecule has 2 unspecified atom stereocenters. The lowest BCUT2D eigenvalue weighted by Gasteiger charge is -2.42. The summed E-state index contributed by atoms with van der Waals surface area (Å²) in [6.07, 6.45) is 7.42. The highest BCUT2D eigenvalue weighted by atomic mass is 16.5. The number of carbonyl (C=O) groups is 2. The lowest BCUT2D eigenvalue weighted by Crippen LogP contribution is -2.44. The molecule has 0 aromatic rings. The highest BCUT2D eigenvalue weighted by Gasteiger charge is 2.52. The van der Waals surface area contributed by atoms with E-state index in [1.165, 1.54) is 13.2 Å². The molecule has 0 amide bonds. The van der Waals surface area contributed by atoms with Gasteiger partial charge >= 0.3 is 5.97 Å². The van der Waals surface area contributed by atoms with Gasteiger partial charge in [-0.25, -0.2) is 0 Å². The van der Waals surface area contributed by atoms with Gasteiger partial charge in [0.25, 0.3) is 0 Å². The minimum atomic E-state index is -1.17. The maximum absolute atomic E-state index is 12.6. The molecule has 5 nitrogen and oxygen atoms in total. The number of rotatable bonds is 4. The van der Waals surface area contributed by atoms with E-state index in [0.29, 0.717) is 18.4 Å². The Hall–Kier alpha value is -2.14. The predicted octanol–water partition coefficient (Wildman–Crippen LogP) is 2.39. The number of methoxy groups -OCH3 is 1. The molecule has 124 valence electrons. The van der Waals surface area contributed by atoms with Crippen LogP contribution in [0.25, 0.3) is 0 Å². The first kappa shape index (κ1) is 17.2. The number of ether oxygens (including phenoxy) is 1. The fourth-order valence-electron chi connectivity index (χ4n) is 3.35. The first-order valence-corrected chi connectivity index (χ1v) is 7.56. The Bertz CT molecular complexity index is 650. The highest BCUT2D eigenvalue weighted by Crippen LogP contribution is 2.51. The molecule has 0 aromatic carbocycles. The smallest absolute Gasteiger partial charge is 0.320 e. The van der Waals surface area contributed by atoms with Crippen molar-refractivity contribution in [2.75, 3.05) is 13.7 Å².